The number of hydrogen-bond donors (Lipinski definition) is 0. The maximum absolute atomic E-state index is 5.56. The van der Waals surface area contributed by atoms with Crippen molar-refractivity contribution in [3.63, 3.8) is 0 Å². The van der Waals surface area contributed by atoms with Gasteiger partial charge in [0.05, 0.1) is 51.8 Å². The van der Waals surface area contributed by atoms with Gasteiger partial charge in [-0.3, -0.25) is 4.98 Å². The molecular weight excluding hydrogens is 490 g/mol. The molecule has 0 N–H and O–H groups in total. The van der Waals surface area contributed by atoms with Crippen molar-refractivity contribution < 1.29 is 28.4 Å². The summed E-state index contributed by atoms with van der Waals surface area (Å²) in [6.45, 7) is 2.52. The van der Waals surface area contributed by atoms with Crippen LogP contribution in [0.25, 0.3) is 11.1 Å². The first-order valence-electron chi connectivity index (χ1n) is 10.6. The molecule has 2 aliphatic rings. The molecule has 7 nitrogen and oxygen atoms in total. The zero-order chi connectivity index (χ0) is 23.0. The Bertz CT molecular complexity index is 1040. The van der Waals surface area contributed by atoms with Crippen molar-refractivity contribution in [3.8, 4) is 22.6 Å². The van der Waals surface area contributed by atoms with E-state index in [1.807, 2.05) is 48.5 Å². The van der Waals surface area contributed by atoms with Gasteiger partial charge in [-0.25, -0.2) is 0 Å². The summed E-state index contributed by atoms with van der Waals surface area (Å²) in [7, 11) is 3.29. The molecule has 0 radical (unpaired) electrons. The van der Waals surface area contributed by atoms with Gasteiger partial charge < -0.3 is 28.4 Å². The van der Waals surface area contributed by atoms with E-state index in [2.05, 4.69) is 20.9 Å². The molecule has 0 unspecified atom stereocenters. The second-order valence-corrected chi connectivity index (χ2v) is 8.14. The van der Waals surface area contributed by atoms with Gasteiger partial charge in [0, 0.05) is 16.9 Å². The van der Waals surface area contributed by atoms with Gasteiger partial charge in [-0.1, -0.05) is 22.0 Å². The monoisotopic (exact) mass is 515 g/mol. The van der Waals surface area contributed by atoms with Gasteiger partial charge in [0.25, 0.3) is 0 Å². The smallest absolute Gasteiger partial charge is 0.187 e. The van der Waals surface area contributed by atoms with Crippen LogP contribution in [-0.2, 0) is 18.9 Å². The van der Waals surface area contributed by atoms with Gasteiger partial charge in [0.1, 0.15) is 11.5 Å². The van der Waals surface area contributed by atoms with Gasteiger partial charge >= 0.3 is 0 Å². The van der Waals surface area contributed by atoms with E-state index in [-0.39, 0.29) is 12.6 Å². The summed E-state index contributed by atoms with van der Waals surface area (Å²) in [5.74, 6) is 1.57. The summed E-state index contributed by atoms with van der Waals surface area (Å²) in [6, 6.07) is 15.7. The zero-order valence-corrected chi connectivity index (χ0v) is 20.1. The molecular formula is C25H26BrNO6. The van der Waals surface area contributed by atoms with Gasteiger partial charge in [-0.2, -0.15) is 0 Å². The lowest BCUT2D eigenvalue weighted by atomic mass is 10.0. The largest absolute Gasteiger partial charge is 0.496 e. The average Bonchev–Trinajstić information content (AvgIpc) is 3.59. The predicted molar refractivity (Wildman–Crippen MR) is 126 cm³/mol. The molecule has 0 atom stereocenters. The van der Waals surface area contributed by atoms with Gasteiger partial charge in [0.15, 0.2) is 12.6 Å². The van der Waals surface area contributed by atoms with E-state index in [1.54, 1.807) is 26.6 Å². The fraction of sp³-hybridized carbons (Fsp3) is 0.320. The topological polar surface area (TPSA) is 68.3 Å². The van der Waals surface area contributed by atoms with E-state index in [9.17, 15) is 0 Å². The third-order valence-corrected chi connectivity index (χ3v) is 5.68. The van der Waals surface area contributed by atoms with Crippen LogP contribution in [0.2, 0.25) is 0 Å². The van der Waals surface area contributed by atoms with Crippen LogP contribution in [0.1, 0.15) is 23.7 Å². The highest BCUT2D eigenvalue weighted by atomic mass is 79.9. The summed E-state index contributed by atoms with van der Waals surface area (Å²) >= 11 is 3.41. The van der Waals surface area contributed by atoms with Gasteiger partial charge in [-0.05, 0) is 53.6 Å². The van der Waals surface area contributed by atoms with Crippen molar-refractivity contribution in [2.24, 2.45) is 0 Å². The maximum Gasteiger partial charge on any atom is 0.187 e. The summed E-state index contributed by atoms with van der Waals surface area (Å²) in [4.78, 5) is 4.03. The molecule has 5 rings (SSSR count). The molecule has 2 aromatic carbocycles. The molecule has 3 aromatic rings. The predicted octanol–water partition coefficient (Wildman–Crippen LogP) is 5.31. The van der Waals surface area contributed by atoms with Crippen LogP contribution in [0, 0.1) is 0 Å². The van der Waals surface area contributed by atoms with Crippen LogP contribution in [-0.4, -0.2) is 45.6 Å². The Morgan fingerprint density at radius 3 is 1.76 bits per heavy atom. The SMILES string of the molecule is COc1ccc(-c2ccncc2)cc1C1OCCO1.COc1ccc(Br)cc1C1OCCO1. The van der Waals surface area contributed by atoms with Crippen LogP contribution in [0.4, 0.5) is 0 Å². The number of rotatable bonds is 5. The molecule has 0 saturated carbocycles. The highest BCUT2D eigenvalue weighted by molar-refractivity contribution is 9.10. The fourth-order valence-electron chi connectivity index (χ4n) is 3.61. The summed E-state index contributed by atoms with van der Waals surface area (Å²) < 4.78 is 33.5. The van der Waals surface area contributed by atoms with E-state index in [4.69, 9.17) is 28.4 Å². The molecule has 2 saturated heterocycles. The molecule has 0 bridgehead atoms. The van der Waals surface area contributed by atoms with Crippen molar-refractivity contribution in [1.29, 1.82) is 0 Å². The molecule has 8 heteroatoms. The van der Waals surface area contributed by atoms with Crippen LogP contribution < -0.4 is 9.47 Å². The fourth-order valence-corrected chi connectivity index (χ4v) is 3.99. The molecule has 1 aromatic heterocycles. The van der Waals surface area contributed by atoms with E-state index in [0.717, 1.165) is 38.2 Å². The molecule has 0 amide bonds. The second kappa shape index (κ2) is 11.6. The van der Waals surface area contributed by atoms with E-state index in [0.29, 0.717) is 26.4 Å². The lowest BCUT2D eigenvalue weighted by molar-refractivity contribution is -0.0457. The number of nitrogens with zero attached hydrogens (tertiary/aromatic N) is 1. The van der Waals surface area contributed by atoms with Crippen LogP contribution >= 0.6 is 15.9 Å². The molecule has 33 heavy (non-hydrogen) atoms. The number of pyridine rings is 1. The maximum atomic E-state index is 5.56. The minimum Gasteiger partial charge on any atom is -0.496 e. The Morgan fingerprint density at radius 2 is 1.21 bits per heavy atom. The molecule has 2 fully saturated rings. The number of aromatic nitrogens is 1. The number of ether oxygens (including phenoxy) is 6. The van der Waals surface area contributed by atoms with Crippen molar-refractivity contribution in [3.05, 3.63) is 76.5 Å². The minimum absolute atomic E-state index is 0.289. The quantitative estimate of drug-likeness (QED) is 0.456. The van der Waals surface area contributed by atoms with Crippen LogP contribution in [0.5, 0.6) is 11.5 Å². The normalized spacial score (nSPS) is 16.3. The van der Waals surface area contributed by atoms with E-state index >= 15 is 0 Å². The second-order valence-electron chi connectivity index (χ2n) is 7.23. The third kappa shape index (κ3) is 5.90. The molecule has 0 spiro atoms. The van der Waals surface area contributed by atoms with Gasteiger partial charge in [-0.15, -0.1) is 0 Å². The van der Waals surface area contributed by atoms with Gasteiger partial charge in [0.2, 0.25) is 0 Å². The first-order valence-corrected chi connectivity index (χ1v) is 11.4. The first kappa shape index (κ1) is 23.7. The number of benzene rings is 2. The van der Waals surface area contributed by atoms with Crippen molar-refractivity contribution in [2.45, 2.75) is 12.6 Å². The zero-order valence-electron chi connectivity index (χ0n) is 18.5. The number of halogens is 1. The molecule has 174 valence electrons. The Labute approximate surface area is 201 Å². The number of methoxy groups -OCH3 is 2. The van der Waals surface area contributed by atoms with E-state index < -0.39 is 0 Å². The van der Waals surface area contributed by atoms with Crippen LogP contribution in [0.3, 0.4) is 0 Å². The summed E-state index contributed by atoms with van der Waals surface area (Å²) in [6.07, 6.45) is 2.93. The lowest BCUT2D eigenvalue weighted by Crippen LogP contribution is -2.01. The molecule has 3 heterocycles. The van der Waals surface area contributed by atoms with Crippen molar-refractivity contribution >= 4 is 15.9 Å². The highest BCUT2D eigenvalue weighted by Gasteiger charge is 2.23. The highest BCUT2D eigenvalue weighted by Crippen LogP contribution is 2.35. The summed E-state index contributed by atoms with van der Waals surface area (Å²) in [5, 5.41) is 0. The molecule has 0 aliphatic carbocycles. The standard InChI is InChI=1S/C15H15NO3.C10H11BrO3/c1-17-14-3-2-12(11-4-6-16-7-5-11)10-13(14)15-18-8-9-19-15;1-12-9-3-2-7(11)6-8(9)10-13-4-5-14-10/h2-7,10,15H,8-9H2,1H3;2-3,6,10H,4-5H2,1H3. The third-order valence-electron chi connectivity index (χ3n) is 5.19. The Morgan fingerprint density at radius 1 is 0.697 bits per heavy atom. The lowest BCUT2D eigenvalue weighted by Gasteiger charge is -2.15. The Balaban J connectivity index is 0.000000165. The van der Waals surface area contributed by atoms with Crippen LogP contribution in [0.15, 0.2) is 65.4 Å². The molecule has 2 aliphatic heterocycles. The first-order chi connectivity index (χ1) is 16.2. The van der Waals surface area contributed by atoms with E-state index in [1.165, 1.54) is 0 Å². The van der Waals surface area contributed by atoms with Crippen molar-refractivity contribution in [1.82, 2.24) is 4.98 Å². The average molecular weight is 516 g/mol. The summed E-state index contributed by atoms with van der Waals surface area (Å²) in [5.41, 5.74) is 4.06. The minimum atomic E-state index is -0.336. The van der Waals surface area contributed by atoms with Crippen molar-refractivity contribution in [2.75, 3.05) is 40.6 Å². The Hall–Kier alpha value is -2.49. The number of hydrogen-bond acceptors (Lipinski definition) is 7. The Kier molecular flexibility index (Phi) is 8.30.